The van der Waals surface area contributed by atoms with E-state index in [-0.39, 0.29) is 5.54 Å². The van der Waals surface area contributed by atoms with E-state index >= 15 is 0 Å². The smallest absolute Gasteiger partial charge is 0.0535 e. The minimum atomic E-state index is 0.0467. The van der Waals surface area contributed by atoms with Gasteiger partial charge in [-0.25, -0.2) is 0 Å². The quantitative estimate of drug-likeness (QED) is 0.929. The molecule has 1 aromatic heterocycles. The Kier molecular flexibility index (Phi) is 3.92. The van der Waals surface area contributed by atoms with E-state index in [9.17, 15) is 0 Å². The highest BCUT2D eigenvalue weighted by Gasteiger charge is 2.35. The topological polar surface area (TPSA) is 15.3 Å². The molecule has 1 fully saturated rings. The lowest BCUT2D eigenvalue weighted by atomic mass is 9.88. The molecule has 20 heavy (non-hydrogen) atoms. The molecule has 2 aromatic rings. The van der Waals surface area contributed by atoms with Gasteiger partial charge in [0.1, 0.15) is 0 Å². The number of nitrogens with one attached hydrogen (secondary N) is 1. The third kappa shape index (κ3) is 2.80. The van der Waals surface area contributed by atoms with Crippen LogP contribution in [-0.2, 0) is 12.1 Å². The van der Waals surface area contributed by atoms with Gasteiger partial charge in [0, 0.05) is 30.6 Å². The fourth-order valence-electron chi connectivity index (χ4n) is 2.93. The summed E-state index contributed by atoms with van der Waals surface area (Å²) in [6.45, 7) is 7.77. The van der Waals surface area contributed by atoms with Crippen molar-refractivity contribution in [3.05, 3.63) is 58.3 Å². The summed E-state index contributed by atoms with van der Waals surface area (Å²) in [6, 6.07) is 15.8. The van der Waals surface area contributed by atoms with Gasteiger partial charge in [0.15, 0.2) is 0 Å². The number of piperazine rings is 1. The SMILES string of the molecule is CC1CNC(C)(c2ccccc2)CN1Cc1cccs1. The Morgan fingerprint density at radius 2 is 2.05 bits per heavy atom. The first-order valence-electron chi connectivity index (χ1n) is 7.24. The van der Waals surface area contributed by atoms with Crippen LogP contribution in [0, 0.1) is 0 Å². The number of rotatable bonds is 3. The first kappa shape index (κ1) is 13.8. The van der Waals surface area contributed by atoms with Crippen molar-refractivity contribution in [2.45, 2.75) is 32.0 Å². The fourth-order valence-corrected chi connectivity index (χ4v) is 3.66. The average molecular weight is 286 g/mol. The van der Waals surface area contributed by atoms with Crippen LogP contribution in [0.15, 0.2) is 47.8 Å². The van der Waals surface area contributed by atoms with Gasteiger partial charge < -0.3 is 5.32 Å². The van der Waals surface area contributed by atoms with Crippen molar-refractivity contribution >= 4 is 11.3 Å². The Labute approximate surface area is 125 Å². The Bertz CT molecular complexity index is 537. The zero-order valence-electron chi connectivity index (χ0n) is 12.2. The second-order valence-corrected chi connectivity index (χ2v) is 6.94. The minimum absolute atomic E-state index is 0.0467. The van der Waals surface area contributed by atoms with Crippen molar-refractivity contribution in [1.29, 1.82) is 0 Å². The summed E-state index contributed by atoms with van der Waals surface area (Å²) < 4.78 is 0. The van der Waals surface area contributed by atoms with Crippen LogP contribution in [0.3, 0.4) is 0 Å². The predicted molar refractivity (Wildman–Crippen MR) is 86.0 cm³/mol. The number of thiophene rings is 1. The van der Waals surface area contributed by atoms with Gasteiger partial charge in [-0.15, -0.1) is 11.3 Å². The number of hydrogen-bond donors (Lipinski definition) is 1. The molecule has 2 atom stereocenters. The van der Waals surface area contributed by atoms with Gasteiger partial charge in [-0.3, -0.25) is 4.90 Å². The van der Waals surface area contributed by atoms with Crippen LogP contribution in [-0.4, -0.2) is 24.0 Å². The molecule has 1 aliphatic heterocycles. The van der Waals surface area contributed by atoms with Gasteiger partial charge >= 0.3 is 0 Å². The van der Waals surface area contributed by atoms with Crippen molar-refractivity contribution in [3.63, 3.8) is 0 Å². The number of nitrogens with zero attached hydrogens (tertiary/aromatic N) is 1. The van der Waals surface area contributed by atoms with E-state index in [2.05, 4.69) is 71.9 Å². The molecule has 0 spiro atoms. The summed E-state index contributed by atoms with van der Waals surface area (Å²) in [5, 5.41) is 5.90. The minimum Gasteiger partial charge on any atom is -0.305 e. The molecule has 0 radical (unpaired) electrons. The summed E-state index contributed by atoms with van der Waals surface area (Å²) in [5.74, 6) is 0. The second kappa shape index (κ2) is 5.68. The van der Waals surface area contributed by atoms with Gasteiger partial charge in [-0.1, -0.05) is 36.4 Å². The Morgan fingerprint density at radius 1 is 1.25 bits per heavy atom. The molecular weight excluding hydrogens is 264 g/mol. The van der Waals surface area contributed by atoms with E-state index in [4.69, 9.17) is 0 Å². The van der Waals surface area contributed by atoms with Crippen LogP contribution in [0.2, 0.25) is 0 Å². The average Bonchev–Trinajstić information content (AvgIpc) is 2.97. The van der Waals surface area contributed by atoms with Gasteiger partial charge in [0.25, 0.3) is 0 Å². The summed E-state index contributed by atoms with van der Waals surface area (Å²) >= 11 is 1.85. The zero-order valence-corrected chi connectivity index (χ0v) is 13.0. The molecule has 2 nitrogen and oxygen atoms in total. The number of benzene rings is 1. The van der Waals surface area contributed by atoms with Gasteiger partial charge in [0.2, 0.25) is 0 Å². The molecule has 1 saturated heterocycles. The molecule has 0 amide bonds. The van der Waals surface area contributed by atoms with Crippen LogP contribution in [0.4, 0.5) is 0 Å². The lowest BCUT2D eigenvalue weighted by Gasteiger charge is -2.45. The van der Waals surface area contributed by atoms with Crippen molar-refractivity contribution in [2.24, 2.45) is 0 Å². The van der Waals surface area contributed by atoms with Gasteiger partial charge in [0.05, 0.1) is 5.54 Å². The maximum atomic E-state index is 3.73. The summed E-state index contributed by atoms with van der Waals surface area (Å²) in [6.07, 6.45) is 0. The highest BCUT2D eigenvalue weighted by molar-refractivity contribution is 7.09. The van der Waals surface area contributed by atoms with E-state index in [1.165, 1.54) is 10.4 Å². The highest BCUT2D eigenvalue weighted by Crippen LogP contribution is 2.27. The van der Waals surface area contributed by atoms with Crippen LogP contribution in [0.5, 0.6) is 0 Å². The maximum absolute atomic E-state index is 3.73. The summed E-state index contributed by atoms with van der Waals surface area (Å²) in [5.41, 5.74) is 1.42. The lowest BCUT2D eigenvalue weighted by Crippen LogP contribution is -2.59. The molecule has 1 aliphatic rings. The third-order valence-corrected chi connectivity index (χ3v) is 5.14. The molecule has 106 valence electrons. The molecule has 3 heteroatoms. The van der Waals surface area contributed by atoms with E-state index in [1.807, 2.05) is 11.3 Å². The molecule has 0 aliphatic carbocycles. The van der Waals surface area contributed by atoms with Crippen LogP contribution in [0.1, 0.15) is 24.3 Å². The highest BCUT2D eigenvalue weighted by atomic mass is 32.1. The fraction of sp³-hybridized carbons (Fsp3) is 0.412. The summed E-state index contributed by atoms with van der Waals surface area (Å²) in [4.78, 5) is 4.05. The lowest BCUT2D eigenvalue weighted by molar-refractivity contribution is 0.0887. The van der Waals surface area contributed by atoms with Crippen molar-refractivity contribution in [2.75, 3.05) is 13.1 Å². The van der Waals surface area contributed by atoms with Crippen LogP contribution < -0.4 is 5.32 Å². The normalized spacial score (nSPS) is 27.6. The predicted octanol–water partition coefficient (Wildman–Crippen LogP) is 3.46. The van der Waals surface area contributed by atoms with Gasteiger partial charge in [-0.2, -0.15) is 0 Å². The molecule has 2 unspecified atom stereocenters. The van der Waals surface area contributed by atoms with E-state index in [0.717, 1.165) is 19.6 Å². The Morgan fingerprint density at radius 3 is 2.75 bits per heavy atom. The number of hydrogen-bond acceptors (Lipinski definition) is 3. The molecule has 0 bridgehead atoms. The largest absolute Gasteiger partial charge is 0.305 e. The molecular formula is C17H22N2S. The van der Waals surface area contributed by atoms with E-state index < -0.39 is 0 Å². The van der Waals surface area contributed by atoms with E-state index in [0.29, 0.717) is 6.04 Å². The van der Waals surface area contributed by atoms with Crippen molar-refractivity contribution < 1.29 is 0 Å². The Hall–Kier alpha value is -1.16. The maximum Gasteiger partial charge on any atom is 0.0535 e. The Balaban J connectivity index is 1.78. The summed E-state index contributed by atoms with van der Waals surface area (Å²) in [7, 11) is 0. The molecule has 1 aromatic carbocycles. The van der Waals surface area contributed by atoms with Crippen LogP contribution >= 0.6 is 11.3 Å². The second-order valence-electron chi connectivity index (χ2n) is 5.91. The molecule has 3 rings (SSSR count). The molecule has 0 saturated carbocycles. The first-order chi connectivity index (χ1) is 9.67. The van der Waals surface area contributed by atoms with Crippen molar-refractivity contribution in [3.8, 4) is 0 Å². The standard InChI is InChI=1S/C17H22N2S/c1-14-11-18-17(2,15-7-4-3-5-8-15)13-19(14)12-16-9-6-10-20-16/h3-10,14,18H,11-13H2,1-2H3. The molecule has 1 N–H and O–H groups in total. The monoisotopic (exact) mass is 286 g/mol. The van der Waals surface area contributed by atoms with Gasteiger partial charge in [-0.05, 0) is 30.9 Å². The van der Waals surface area contributed by atoms with E-state index in [1.54, 1.807) is 0 Å². The zero-order chi connectivity index (χ0) is 14.0. The molecule has 2 heterocycles. The van der Waals surface area contributed by atoms with Crippen molar-refractivity contribution in [1.82, 2.24) is 10.2 Å². The van der Waals surface area contributed by atoms with Crippen LogP contribution in [0.25, 0.3) is 0 Å². The first-order valence-corrected chi connectivity index (χ1v) is 8.12. The third-order valence-electron chi connectivity index (χ3n) is 4.28.